The lowest BCUT2D eigenvalue weighted by Crippen LogP contribution is -2.06. The Bertz CT molecular complexity index is 3110. The molecule has 0 aliphatic carbocycles. The van der Waals surface area contributed by atoms with E-state index in [-0.39, 0.29) is 0 Å². The summed E-state index contributed by atoms with van der Waals surface area (Å²) in [6.45, 7) is 4.44. The van der Waals surface area contributed by atoms with Crippen molar-refractivity contribution in [1.29, 1.82) is 0 Å². The summed E-state index contributed by atoms with van der Waals surface area (Å²) in [5.74, 6) is 1.00. The van der Waals surface area contributed by atoms with Gasteiger partial charge in [-0.3, -0.25) is 4.99 Å². The Hall–Kier alpha value is -7.11. The van der Waals surface area contributed by atoms with Gasteiger partial charge >= 0.3 is 0 Å². The summed E-state index contributed by atoms with van der Waals surface area (Å²) < 4.78 is 12.8. The number of rotatable bonds is 5. The molecule has 53 heavy (non-hydrogen) atoms. The van der Waals surface area contributed by atoms with Gasteiger partial charge in [0.1, 0.15) is 22.3 Å². The maximum atomic E-state index is 6.54. The van der Waals surface area contributed by atoms with Crippen LogP contribution in [-0.2, 0) is 6.54 Å². The predicted octanol–water partition coefficient (Wildman–Crippen LogP) is 12.6. The van der Waals surface area contributed by atoms with Crippen LogP contribution < -0.4 is 0 Å². The van der Waals surface area contributed by atoms with Crippen molar-refractivity contribution in [2.75, 3.05) is 0 Å². The van der Waals surface area contributed by atoms with Gasteiger partial charge in [0.15, 0.2) is 11.7 Å². The molecule has 8 aromatic carbocycles. The lowest BCUT2D eigenvalue weighted by atomic mass is 9.96. The quantitative estimate of drug-likeness (QED) is 0.103. The van der Waals surface area contributed by atoms with Crippen molar-refractivity contribution in [2.45, 2.75) is 6.54 Å². The molecular formula is C48H31N3O2. The van der Waals surface area contributed by atoms with E-state index >= 15 is 0 Å². The normalized spacial score (nSPS) is 12.5. The van der Waals surface area contributed by atoms with Gasteiger partial charge < -0.3 is 8.83 Å². The molecule has 0 aliphatic heterocycles. The average Bonchev–Trinajstić information content (AvgIpc) is 3.79. The molecule has 5 heteroatoms. The van der Waals surface area contributed by atoms with E-state index in [9.17, 15) is 0 Å². The molecule has 0 amide bonds. The first kappa shape index (κ1) is 30.7. The largest absolute Gasteiger partial charge is 0.456 e. The molecule has 10 rings (SSSR count). The summed E-state index contributed by atoms with van der Waals surface area (Å²) in [6, 6.07) is 56.2. The number of para-hydroxylation sites is 1. The fourth-order valence-corrected chi connectivity index (χ4v) is 7.55. The minimum absolute atomic E-state index is 0.447. The average molecular weight is 682 g/mol. The first-order valence-electron chi connectivity index (χ1n) is 17.6. The third-order valence-corrected chi connectivity index (χ3v) is 10.1. The summed E-state index contributed by atoms with van der Waals surface area (Å²) in [7, 11) is 0. The monoisotopic (exact) mass is 681 g/mol. The molecule has 0 fully saturated rings. The van der Waals surface area contributed by atoms with E-state index in [1.807, 2.05) is 72.8 Å². The molecule has 0 aliphatic rings. The Morgan fingerprint density at radius 3 is 1.83 bits per heavy atom. The Balaban J connectivity index is 1.12. The molecule has 0 bridgehead atoms. The molecular weight excluding hydrogens is 651 g/mol. The van der Waals surface area contributed by atoms with Crippen LogP contribution in [0.25, 0.3) is 76.5 Å². The van der Waals surface area contributed by atoms with Crippen molar-refractivity contribution in [2.24, 2.45) is 15.0 Å². The maximum Gasteiger partial charge on any atom is 0.161 e. The lowest BCUT2D eigenvalue weighted by Gasteiger charge is -2.09. The maximum absolute atomic E-state index is 6.54. The molecule has 5 nitrogen and oxygen atoms in total. The summed E-state index contributed by atoms with van der Waals surface area (Å²) in [4.78, 5) is 14.8. The molecule has 0 unspecified atom stereocenters. The second-order valence-corrected chi connectivity index (χ2v) is 13.2. The molecule has 10 aromatic rings. The minimum atomic E-state index is 0.447. The van der Waals surface area contributed by atoms with E-state index in [1.54, 1.807) is 0 Å². The Kier molecular flexibility index (Phi) is 7.29. The number of amidine groups is 2. The summed E-state index contributed by atoms with van der Waals surface area (Å²) in [5, 5.41) is 8.80. The van der Waals surface area contributed by atoms with Gasteiger partial charge in [-0.1, -0.05) is 127 Å². The molecule has 0 saturated carbocycles. The summed E-state index contributed by atoms with van der Waals surface area (Å²) in [5.41, 5.74) is 8.11. The fourth-order valence-electron chi connectivity index (χ4n) is 7.55. The van der Waals surface area contributed by atoms with Crippen LogP contribution in [0.5, 0.6) is 0 Å². The van der Waals surface area contributed by atoms with Crippen LogP contribution in [0.2, 0.25) is 0 Å². The van der Waals surface area contributed by atoms with Gasteiger partial charge in [0, 0.05) is 32.7 Å². The lowest BCUT2D eigenvalue weighted by molar-refractivity contribution is 0.668. The van der Waals surface area contributed by atoms with Gasteiger partial charge in [-0.25, -0.2) is 9.98 Å². The molecule has 0 radical (unpaired) electrons. The van der Waals surface area contributed by atoms with E-state index in [2.05, 4.69) is 103 Å². The van der Waals surface area contributed by atoms with Crippen molar-refractivity contribution in [3.63, 3.8) is 0 Å². The van der Waals surface area contributed by atoms with Crippen LogP contribution in [0.1, 0.15) is 16.7 Å². The molecule has 0 N–H and O–H groups in total. The number of hydrogen-bond acceptors (Lipinski definition) is 3. The van der Waals surface area contributed by atoms with Crippen molar-refractivity contribution >= 4 is 83.8 Å². The standard InChI is InChI=1S/C48H31N3O2/c1-49-47(51-48(50-29-30-11-3-2-4-12-30)39-17-10-19-42-45(39)36-15-7-8-18-41(36)52-42)38-16-9-20-43-46(38)37-26-25-34(28-44(37)53-43)33-24-23-32-22-21-31-13-5-6-14-35(31)40(32)27-33/h2-28H,1,29H2. The van der Waals surface area contributed by atoms with Crippen LogP contribution >= 0.6 is 0 Å². The zero-order valence-electron chi connectivity index (χ0n) is 28.7. The van der Waals surface area contributed by atoms with Crippen molar-refractivity contribution in [3.05, 3.63) is 180 Å². The highest BCUT2D eigenvalue weighted by molar-refractivity contribution is 6.25. The zero-order chi connectivity index (χ0) is 35.3. The Morgan fingerprint density at radius 1 is 0.453 bits per heavy atom. The second kappa shape index (κ2) is 12.6. The number of furan rings is 2. The van der Waals surface area contributed by atoms with E-state index in [4.69, 9.17) is 18.8 Å². The SMILES string of the molecule is C=NC(=NC(=NCc1ccccc1)c1cccc2oc3ccccc3c12)c1cccc2oc3cc(-c4ccc5ccc6ccccc6c5c4)ccc3c12. The molecule has 0 saturated heterocycles. The van der Waals surface area contributed by atoms with Crippen LogP contribution in [-0.4, -0.2) is 18.4 Å². The van der Waals surface area contributed by atoms with Gasteiger partial charge in [0.05, 0.1) is 6.54 Å². The van der Waals surface area contributed by atoms with Gasteiger partial charge in [0.2, 0.25) is 0 Å². The van der Waals surface area contributed by atoms with Crippen molar-refractivity contribution in [1.82, 2.24) is 0 Å². The number of fused-ring (bicyclic) bond motifs is 9. The van der Waals surface area contributed by atoms with E-state index in [0.717, 1.165) is 71.7 Å². The topological polar surface area (TPSA) is 63.4 Å². The van der Waals surface area contributed by atoms with Crippen LogP contribution in [0.4, 0.5) is 0 Å². The van der Waals surface area contributed by atoms with Crippen molar-refractivity contribution < 1.29 is 8.83 Å². The second-order valence-electron chi connectivity index (χ2n) is 13.2. The van der Waals surface area contributed by atoms with E-state index in [1.165, 1.54) is 21.5 Å². The molecule has 0 atom stereocenters. The van der Waals surface area contributed by atoms with Gasteiger partial charge in [-0.05, 0) is 81.4 Å². The smallest absolute Gasteiger partial charge is 0.161 e. The van der Waals surface area contributed by atoms with E-state index < -0.39 is 0 Å². The van der Waals surface area contributed by atoms with Crippen LogP contribution in [0.3, 0.4) is 0 Å². The minimum Gasteiger partial charge on any atom is -0.456 e. The first-order chi connectivity index (χ1) is 26.2. The van der Waals surface area contributed by atoms with Gasteiger partial charge in [0.25, 0.3) is 0 Å². The molecule has 250 valence electrons. The van der Waals surface area contributed by atoms with Crippen molar-refractivity contribution in [3.8, 4) is 11.1 Å². The number of benzene rings is 8. The van der Waals surface area contributed by atoms with Gasteiger partial charge in [-0.2, -0.15) is 0 Å². The highest BCUT2D eigenvalue weighted by Crippen LogP contribution is 2.37. The summed E-state index contributed by atoms with van der Waals surface area (Å²) >= 11 is 0. The Labute approximate surface area is 304 Å². The third kappa shape index (κ3) is 5.29. The first-order valence-corrected chi connectivity index (χ1v) is 17.6. The number of nitrogens with zero attached hydrogens (tertiary/aromatic N) is 3. The highest BCUT2D eigenvalue weighted by Gasteiger charge is 2.19. The van der Waals surface area contributed by atoms with Crippen LogP contribution in [0, 0.1) is 0 Å². The zero-order valence-corrected chi connectivity index (χ0v) is 28.7. The van der Waals surface area contributed by atoms with Crippen LogP contribution in [0.15, 0.2) is 188 Å². The fraction of sp³-hybridized carbons (Fsp3) is 0.0208. The third-order valence-electron chi connectivity index (χ3n) is 10.1. The number of hydrogen-bond donors (Lipinski definition) is 0. The highest BCUT2D eigenvalue weighted by atomic mass is 16.3. The predicted molar refractivity (Wildman–Crippen MR) is 221 cm³/mol. The summed E-state index contributed by atoms with van der Waals surface area (Å²) in [6.07, 6.45) is 0. The molecule has 0 spiro atoms. The van der Waals surface area contributed by atoms with Gasteiger partial charge in [-0.15, -0.1) is 0 Å². The molecule has 2 heterocycles. The number of aliphatic imine (C=N–C) groups is 3. The Morgan fingerprint density at radius 2 is 1.04 bits per heavy atom. The van der Waals surface area contributed by atoms with E-state index in [0.29, 0.717) is 18.2 Å². The molecule has 2 aromatic heterocycles.